The number of rotatable bonds is 3. The van der Waals surface area contributed by atoms with Gasteiger partial charge in [0.25, 0.3) is 0 Å². The molecule has 2 heterocycles. The second kappa shape index (κ2) is 5.04. The number of aromatic nitrogens is 2. The van der Waals surface area contributed by atoms with Crippen molar-refractivity contribution in [3.63, 3.8) is 0 Å². The third-order valence-electron chi connectivity index (χ3n) is 2.83. The van der Waals surface area contributed by atoms with Gasteiger partial charge in [-0.2, -0.15) is 4.98 Å². The highest BCUT2D eigenvalue weighted by Crippen LogP contribution is 2.24. The van der Waals surface area contributed by atoms with E-state index < -0.39 is 0 Å². The number of carbonyl (C=O) groups is 1. The molecule has 0 radical (unpaired) electrons. The van der Waals surface area contributed by atoms with Crippen LogP contribution in [0.2, 0.25) is 0 Å². The molecule has 7 nitrogen and oxygen atoms in total. The third kappa shape index (κ3) is 2.46. The zero-order chi connectivity index (χ0) is 13.9. The van der Waals surface area contributed by atoms with Gasteiger partial charge in [0.1, 0.15) is 11.4 Å². The summed E-state index contributed by atoms with van der Waals surface area (Å²) in [6.45, 7) is 0.214. The lowest BCUT2D eigenvalue weighted by Crippen LogP contribution is -2.28. The minimum Gasteiger partial charge on any atom is -0.497 e. The molecule has 0 unspecified atom stereocenters. The van der Waals surface area contributed by atoms with Gasteiger partial charge in [0.2, 0.25) is 11.9 Å². The van der Waals surface area contributed by atoms with Gasteiger partial charge < -0.3 is 20.7 Å². The molecule has 1 aromatic carbocycles. The molecule has 0 atom stereocenters. The lowest BCUT2D eigenvalue weighted by Gasteiger charge is -2.17. The van der Waals surface area contributed by atoms with Crippen LogP contribution in [0.3, 0.4) is 0 Å². The van der Waals surface area contributed by atoms with Gasteiger partial charge in [-0.3, -0.25) is 4.79 Å². The predicted molar refractivity (Wildman–Crippen MR) is 75.4 cm³/mol. The zero-order valence-electron chi connectivity index (χ0n) is 10.8. The topological polar surface area (TPSA) is 88.2 Å². The Labute approximate surface area is 115 Å². The average molecular weight is 271 g/mol. The predicted octanol–water partition coefficient (Wildman–Crippen LogP) is 1.59. The largest absolute Gasteiger partial charge is 0.497 e. The van der Waals surface area contributed by atoms with E-state index in [1.54, 1.807) is 13.3 Å². The second-order valence-corrected chi connectivity index (χ2v) is 4.21. The molecule has 0 saturated heterocycles. The first-order valence-electron chi connectivity index (χ1n) is 6.06. The van der Waals surface area contributed by atoms with E-state index in [9.17, 15) is 4.79 Å². The molecule has 1 aromatic heterocycles. The molecular formula is C13H13N5O2. The first-order chi connectivity index (χ1) is 9.74. The van der Waals surface area contributed by atoms with E-state index in [2.05, 4.69) is 25.9 Å². The van der Waals surface area contributed by atoms with Crippen LogP contribution in [-0.4, -0.2) is 29.5 Å². The first kappa shape index (κ1) is 12.2. The molecule has 0 spiro atoms. The number of hydrogen-bond acceptors (Lipinski definition) is 6. The SMILES string of the molecule is COc1ccc(Nc2ncc3c(n2)NCC(=O)N3)cc1. The van der Waals surface area contributed by atoms with E-state index >= 15 is 0 Å². The number of fused-ring (bicyclic) bond motifs is 1. The van der Waals surface area contributed by atoms with E-state index in [1.165, 1.54) is 0 Å². The summed E-state index contributed by atoms with van der Waals surface area (Å²) in [5, 5.41) is 8.71. The quantitative estimate of drug-likeness (QED) is 0.785. The van der Waals surface area contributed by atoms with Crippen LogP contribution in [0.4, 0.5) is 23.1 Å². The van der Waals surface area contributed by atoms with Gasteiger partial charge in [0, 0.05) is 5.69 Å². The molecule has 0 fully saturated rings. The van der Waals surface area contributed by atoms with E-state index in [1.807, 2.05) is 24.3 Å². The minimum absolute atomic E-state index is 0.100. The number of benzene rings is 1. The molecule has 1 aliphatic rings. The number of nitrogens with one attached hydrogen (secondary N) is 3. The fourth-order valence-electron chi connectivity index (χ4n) is 1.83. The first-order valence-corrected chi connectivity index (χ1v) is 6.06. The van der Waals surface area contributed by atoms with Crippen LogP contribution in [0.25, 0.3) is 0 Å². The van der Waals surface area contributed by atoms with Crippen molar-refractivity contribution < 1.29 is 9.53 Å². The van der Waals surface area contributed by atoms with Gasteiger partial charge in [0.05, 0.1) is 19.9 Å². The van der Waals surface area contributed by atoms with E-state index in [-0.39, 0.29) is 12.5 Å². The summed E-state index contributed by atoms with van der Waals surface area (Å²) in [5.74, 6) is 1.75. The lowest BCUT2D eigenvalue weighted by atomic mass is 10.3. The fraction of sp³-hybridized carbons (Fsp3) is 0.154. The van der Waals surface area contributed by atoms with Crippen LogP contribution in [-0.2, 0) is 4.79 Å². The van der Waals surface area contributed by atoms with Crippen LogP contribution >= 0.6 is 0 Å². The number of ether oxygens (including phenoxy) is 1. The van der Waals surface area contributed by atoms with Crippen molar-refractivity contribution in [3.8, 4) is 5.75 Å². The number of carbonyl (C=O) groups excluding carboxylic acids is 1. The molecule has 0 saturated carbocycles. The maximum absolute atomic E-state index is 11.2. The molecule has 0 bridgehead atoms. The molecule has 7 heteroatoms. The third-order valence-corrected chi connectivity index (χ3v) is 2.83. The van der Waals surface area contributed by atoms with Crippen LogP contribution < -0.4 is 20.7 Å². The maximum atomic E-state index is 11.2. The number of nitrogens with zero attached hydrogens (tertiary/aromatic N) is 2. The molecule has 3 N–H and O–H groups in total. The Hall–Kier alpha value is -2.83. The van der Waals surface area contributed by atoms with Crippen LogP contribution in [0.1, 0.15) is 0 Å². The van der Waals surface area contributed by atoms with E-state index in [0.29, 0.717) is 17.5 Å². The Morgan fingerprint density at radius 2 is 2.10 bits per heavy atom. The van der Waals surface area contributed by atoms with E-state index in [0.717, 1.165) is 11.4 Å². The van der Waals surface area contributed by atoms with Crippen LogP contribution in [0.5, 0.6) is 5.75 Å². The van der Waals surface area contributed by atoms with Crippen molar-refractivity contribution in [2.75, 3.05) is 29.6 Å². The Bertz CT molecular complexity index is 642. The van der Waals surface area contributed by atoms with Crippen LogP contribution in [0, 0.1) is 0 Å². The Balaban J connectivity index is 1.79. The summed E-state index contributed by atoms with van der Waals surface area (Å²) in [6, 6.07) is 7.44. The second-order valence-electron chi connectivity index (χ2n) is 4.21. The Morgan fingerprint density at radius 3 is 2.85 bits per heavy atom. The summed E-state index contributed by atoms with van der Waals surface area (Å²) in [7, 11) is 1.62. The molecule has 3 rings (SSSR count). The molecule has 1 aliphatic heterocycles. The van der Waals surface area contributed by atoms with E-state index in [4.69, 9.17) is 4.74 Å². The van der Waals surface area contributed by atoms with Gasteiger partial charge in [-0.1, -0.05) is 0 Å². The van der Waals surface area contributed by atoms with Gasteiger partial charge in [-0.15, -0.1) is 0 Å². The highest BCUT2D eigenvalue weighted by Gasteiger charge is 2.16. The fourth-order valence-corrected chi connectivity index (χ4v) is 1.83. The van der Waals surface area contributed by atoms with Crippen molar-refractivity contribution in [2.24, 2.45) is 0 Å². The number of hydrogen-bond donors (Lipinski definition) is 3. The molecule has 2 aromatic rings. The Kier molecular flexibility index (Phi) is 3.08. The van der Waals surface area contributed by atoms with Gasteiger partial charge >= 0.3 is 0 Å². The van der Waals surface area contributed by atoms with Crippen molar-refractivity contribution in [2.45, 2.75) is 0 Å². The molecule has 102 valence electrons. The van der Waals surface area contributed by atoms with Gasteiger partial charge in [-0.05, 0) is 24.3 Å². The summed E-state index contributed by atoms with van der Waals surface area (Å²) in [5.41, 5.74) is 1.44. The summed E-state index contributed by atoms with van der Waals surface area (Å²) < 4.78 is 5.09. The maximum Gasteiger partial charge on any atom is 0.243 e. The number of amides is 1. The van der Waals surface area contributed by atoms with Crippen molar-refractivity contribution in [1.29, 1.82) is 0 Å². The summed E-state index contributed by atoms with van der Waals surface area (Å²) in [6.07, 6.45) is 1.57. The highest BCUT2D eigenvalue weighted by atomic mass is 16.5. The highest BCUT2D eigenvalue weighted by molar-refractivity contribution is 5.99. The zero-order valence-corrected chi connectivity index (χ0v) is 10.8. The minimum atomic E-state index is -0.100. The van der Waals surface area contributed by atoms with Gasteiger partial charge in [-0.25, -0.2) is 4.98 Å². The van der Waals surface area contributed by atoms with Gasteiger partial charge in [0.15, 0.2) is 5.82 Å². The summed E-state index contributed by atoms with van der Waals surface area (Å²) >= 11 is 0. The smallest absolute Gasteiger partial charge is 0.243 e. The summed E-state index contributed by atoms with van der Waals surface area (Å²) in [4.78, 5) is 19.7. The molecule has 20 heavy (non-hydrogen) atoms. The van der Waals surface area contributed by atoms with Crippen LogP contribution in [0.15, 0.2) is 30.5 Å². The van der Waals surface area contributed by atoms with Crippen molar-refractivity contribution in [3.05, 3.63) is 30.5 Å². The lowest BCUT2D eigenvalue weighted by molar-refractivity contribution is -0.114. The molecular weight excluding hydrogens is 258 g/mol. The normalized spacial score (nSPS) is 12.9. The van der Waals surface area contributed by atoms with Crippen molar-refractivity contribution in [1.82, 2.24) is 9.97 Å². The Morgan fingerprint density at radius 1 is 1.30 bits per heavy atom. The monoisotopic (exact) mass is 271 g/mol. The molecule has 0 aliphatic carbocycles. The average Bonchev–Trinajstić information content (AvgIpc) is 2.48. The number of anilines is 4. The molecule has 1 amide bonds. The standard InChI is InChI=1S/C13H13N5O2/c1-20-9-4-2-8(3-5-9)16-13-15-6-10-12(18-13)14-7-11(19)17-10/h2-6H,7H2,1H3,(H,17,19)(H2,14,15,16,18). The van der Waals surface area contributed by atoms with Crippen molar-refractivity contribution >= 4 is 29.0 Å². The number of methoxy groups -OCH3 is 1.